The average Bonchev–Trinajstić information content (AvgIpc) is 2.80. The second-order valence-electron chi connectivity index (χ2n) is 8.89. The number of ether oxygens (including phenoxy) is 2. The normalized spacial score (nSPS) is 15.3. The quantitative estimate of drug-likeness (QED) is 0.452. The number of pyridine rings is 1. The van der Waals surface area contributed by atoms with Crippen LogP contribution >= 0.6 is 11.6 Å². The van der Waals surface area contributed by atoms with Crippen LogP contribution in [0.3, 0.4) is 0 Å². The summed E-state index contributed by atoms with van der Waals surface area (Å²) in [6.07, 6.45) is 2.16. The van der Waals surface area contributed by atoms with Crippen molar-refractivity contribution in [3.63, 3.8) is 0 Å². The van der Waals surface area contributed by atoms with Crippen LogP contribution in [0.1, 0.15) is 32.3 Å². The number of anilines is 1. The summed E-state index contributed by atoms with van der Waals surface area (Å²) < 4.78 is 11.4. The van der Waals surface area contributed by atoms with Crippen LogP contribution in [-0.4, -0.2) is 42.7 Å². The van der Waals surface area contributed by atoms with Crippen molar-refractivity contribution in [2.75, 3.05) is 32.1 Å². The summed E-state index contributed by atoms with van der Waals surface area (Å²) in [5.74, 6) is 2.99. The smallest absolute Gasteiger partial charge is 0.161 e. The van der Waals surface area contributed by atoms with Crippen LogP contribution in [0.4, 0.5) is 5.82 Å². The zero-order chi connectivity index (χ0) is 22.5. The predicted octanol–water partition coefficient (Wildman–Crippen LogP) is 6.01. The van der Waals surface area contributed by atoms with Gasteiger partial charge in [-0.2, -0.15) is 0 Å². The molecule has 1 aliphatic rings. The van der Waals surface area contributed by atoms with Crippen LogP contribution in [-0.2, 0) is 6.54 Å². The minimum absolute atomic E-state index is 0.416. The highest BCUT2D eigenvalue weighted by molar-refractivity contribution is 6.35. The molecule has 4 rings (SSSR count). The molecule has 1 aliphatic heterocycles. The molecular formula is C26H32ClN3O2. The van der Waals surface area contributed by atoms with E-state index in [1.807, 2.05) is 30.3 Å². The van der Waals surface area contributed by atoms with Crippen molar-refractivity contribution in [1.29, 1.82) is 0 Å². The van der Waals surface area contributed by atoms with Gasteiger partial charge in [0.2, 0.25) is 0 Å². The van der Waals surface area contributed by atoms with Gasteiger partial charge in [0.15, 0.2) is 11.5 Å². The zero-order valence-electron chi connectivity index (χ0n) is 19.1. The minimum Gasteiger partial charge on any atom is -0.493 e. The number of hydrogen-bond acceptors (Lipinski definition) is 5. The van der Waals surface area contributed by atoms with Crippen LogP contribution in [0.25, 0.3) is 10.9 Å². The van der Waals surface area contributed by atoms with Gasteiger partial charge in [0.05, 0.1) is 24.3 Å². The lowest BCUT2D eigenvalue weighted by Gasteiger charge is -2.32. The molecule has 1 N–H and O–H groups in total. The number of para-hydroxylation sites is 1. The molecule has 170 valence electrons. The molecule has 1 saturated heterocycles. The Morgan fingerprint density at radius 2 is 1.91 bits per heavy atom. The number of methoxy groups -OCH3 is 1. The number of nitrogens with one attached hydrogen (secondary N) is 1. The molecule has 0 amide bonds. The van der Waals surface area contributed by atoms with Crippen molar-refractivity contribution < 1.29 is 9.47 Å². The summed E-state index contributed by atoms with van der Waals surface area (Å²) in [5.41, 5.74) is 2.11. The number of piperidine rings is 1. The molecule has 2 heterocycles. The molecule has 0 unspecified atom stereocenters. The Bertz CT molecular complexity index is 1050. The number of likely N-dealkylation sites (tertiary alicyclic amines) is 1. The molecule has 0 spiro atoms. The summed E-state index contributed by atoms with van der Waals surface area (Å²) in [6.45, 7) is 7.98. The van der Waals surface area contributed by atoms with Crippen LogP contribution < -0.4 is 14.8 Å². The van der Waals surface area contributed by atoms with Crippen molar-refractivity contribution >= 4 is 28.3 Å². The standard InChI is InChI=1S/C26H32ClN3O2/c1-18(2)17-32-24-15-19(7-9-23(24)31-3)16-30-13-11-21(12-14-30)28-25-10-8-20-5-4-6-22(27)26(20)29-25/h4-10,15,18,21H,11-14,16-17H2,1-3H3,(H,28,29). The van der Waals surface area contributed by atoms with Gasteiger partial charge in [-0.05, 0) is 54.7 Å². The van der Waals surface area contributed by atoms with Crippen LogP contribution in [0, 0.1) is 5.92 Å². The van der Waals surface area contributed by atoms with Gasteiger partial charge in [-0.25, -0.2) is 4.98 Å². The van der Waals surface area contributed by atoms with Gasteiger partial charge in [0.1, 0.15) is 5.82 Å². The molecular weight excluding hydrogens is 422 g/mol. The monoisotopic (exact) mass is 453 g/mol. The second kappa shape index (κ2) is 10.4. The van der Waals surface area contributed by atoms with E-state index in [1.165, 1.54) is 5.56 Å². The van der Waals surface area contributed by atoms with Crippen molar-refractivity contribution in [3.05, 3.63) is 59.1 Å². The third-order valence-electron chi connectivity index (χ3n) is 5.82. The molecule has 6 heteroatoms. The summed E-state index contributed by atoms with van der Waals surface area (Å²) in [7, 11) is 1.69. The maximum Gasteiger partial charge on any atom is 0.161 e. The number of fused-ring (bicyclic) bond motifs is 1. The molecule has 0 radical (unpaired) electrons. The van der Waals surface area contributed by atoms with Gasteiger partial charge >= 0.3 is 0 Å². The lowest BCUT2D eigenvalue weighted by Crippen LogP contribution is -2.38. The van der Waals surface area contributed by atoms with Gasteiger partial charge in [0, 0.05) is 31.1 Å². The Morgan fingerprint density at radius 1 is 1.09 bits per heavy atom. The van der Waals surface area contributed by atoms with Crippen LogP contribution in [0.5, 0.6) is 11.5 Å². The van der Waals surface area contributed by atoms with E-state index in [9.17, 15) is 0 Å². The molecule has 5 nitrogen and oxygen atoms in total. The molecule has 0 aliphatic carbocycles. The largest absolute Gasteiger partial charge is 0.493 e. The highest BCUT2D eigenvalue weighted by Crippen LogP contribution is 2.30. The Kier molecular flexibility index (Phi) is 7.38. The second-order valence-corrected chi connectivity index (χ2v) is 9.30. The molecule has 1 fully saturated rings. The van der Waals surface area contributed by atoms with Gasteiger partial charge in [-0.1, -0.05) is 43.6 Å². The Labute approximate surface area is 195 Å². The fourth-order valence-corrected chi connectivity index (χ4v) is 4.31. The first-order valence-corrected chi connectivity index (χ1v) is 11.7. The Balaban J connectivity index is 1.33. The van der Waals surface area contributed by atoms with Crippen molar-refractivity contribution in [2.24, 2.45) is 5.92 Å². The summed E-state index contributed by atoms with van der Waals surface area (Å²) in [6, 6.07) is 16.7. The van der Waals surface area contributed by atoms with Crippen molar-refractivity contribution in [2.45, 2.75) is 39.3 Å². The van der Waals surface area contributed by atoms with E-state index in [4.69, 9.17) is 26.1 Å². The van der Waals surface area contributed by atoms with Crippen LogP contribution in [0.15, 0.2) is 48.5 Å². The van der Waals surface area contributed by atoms with Crippen LogP contribution in [0.2, 0.25) is 5.02 Å². The fraction of sp³-hybridized carbons (Fsp3) is 0.423. The highest BCUT2D eigenvalue weighted by atomic mass is 35.5. The first-order chi connectivity index (χ1) is 15.5. The lowest BCUT2D eigenvalue weighted by atomic mass is 10.0. The van der Waals surface area contributed by atoms with E-state index in [-0.39, 0.29) is 0 Å². The maximum atomic E-state index is 6.32. The van der Waals surface area contributed by atoms with Gasteiger partial charge < -0.3 is 14.8 Å². The fourth-order valence-electron chi connectivity index (χ4n) is 4.08. The Morgan fingerprint density at radius 3 is 2.66 bits per heavy atom. The van der Waals surface area contributed by atoms with Gasteiger partial charge in [-0.3, -0.25) is 4.90 Å². The van der Waals surface area contributed by atoms with E-state index < -0.39 is 0 Å². The number of nitrogens with zero attached hydrogens (tertiary/aromatic N) is 2. The van der Waals surface area contributed by atoms with Gasteiger partial charge in [-0.15, -0.1) is 0 Å². The number of rotatable bonds is 8. The SMILES string of the molecule is COc1ccc(CN2CCC(Nc3ccc4cccc(Cl)c4n3)CC2)cc1OCC(C)C. The summed E-state index contributed by atoms with van der Waals surface area (Å²) in [4.78, 5) is 7.23. The van der Waals surface area contributed by atoms with Gasteiger partial charge in [0.25, 0.3) is 0 Å². The molecule has 0 saturated carbocycles. The molecule has 0 atom stereocenters. The number of hydrogen-bond donors (Lipinski definition) is 1. The molecule has 3 aromatic rings. The first kappa shape index (κ1) is 22.7. The predicted molar refractivity (Wildman–Crippen MR) is 132 cm³/mol. The average molecular weight is 454 g/mol. The third kappa shape index (κ3) is 5.64. The zero-order valence-corrected chi connectivity index (χ0v) is 19.9. The van der Waals surface area contributed by atoms with E-state index in [0.717, 1.165) is 60.7 Å². The van der Waals surface area contributed by atoms with E-state index in [1.54, 1.807) is 7.11 Å². The first-order valence-electron chi connectivity index (χ1n) is 11.4. The minimum atomic E-state index is 0.416. The van der Waals surface area contributed by atoms with E-state index >= 15 is 0 Å². The Hall–Kier alpha value is -2.50. The number of benzene rings is 2. The molecule has 32 heavy (non-hydrogen) atoms. The maximum absolute atomic E-state index is 6.32. The van der Waals surface area contributed by atoms with E-state index in [2.05, 4.69) is 42.3 Å². The lowest BCUT2D eigenvalue weighted by molar-refractivity contribution is 0.210. The molecule has 2 aromatic carbocycles. The van der Waals surface area contributed by atoms with E-state index in [0.29, 0.717) is 23.6 Å². The summed E-state index contributed by atoms with van der Waals surface area (Å²) in [5, 5.41) is 5.36. The molecule has 1 aromatic heterocycles. The topological polar surface area (TPSA) is 46.6 Å². The number of halogens is 1. The van der Waals surface area contributed by atoms with Crippen molar-refractivity contribution in [1.82, 2.24) is 9.88 Å². The number of aromatic nitrogens is 1. The molecule has 0 bridgehead atoms. The summed E-state index contributed by atoms with van der Waals surface area (Å²) >= 11 is 6.32. The van der Waals surface area contributed by atoms with Crippen molar-refractivity contribution in [3.8, 4) is 11.5 Å². The highest BCUT2D eigenvalue weighted by Gasteiger charge is 2.20. The third-order valence-corrected chi connectivity index (χ3v) is 6.12.